The zero-order chi connectivity index (χ0) is 15.4. The van der Waals surface area contributed by atoms with Crippen LogP contribution in [0.1, 0.15) is 30.1 Å². The summed E-state index contributed by atoms with van der Waals surface area (Å²) in [7, 11) is 0. The van der Waals surface area contributed by atoms with Gasteiger partial charge in [-0.3, -0.25) is 14.4 Å². The summed E-state index contributed by atoms with van der Waals surface area (Å²) in [6.07, 6.45) is 4.39. The molecule has 0 unspecified atom stereocenters. The zero-order valence-corrected chi connectivity index (χ0v) is 11.7. The molecule has 0 radical (unpaired) electrons. The Hall–Kier alpha value is -2.43. The number of allylic oxidation sites excluding steroid dienone is 2. The molecule has 1 aliphatic rings. The maximum atomic E-state index is 12.3. The first kappa shape index (κ1) is 15.0. The summed E-state index contributed by atoms with van der Waals surface area (Å²) < 4.78 is 0. The van der Waals surface area contributed by atoms with Gasteiger partial charge in [-0.25, -0.2) is 0 Å². The number of carboxylic acids is 1. The number of anilines is 1. The molecule has 0 saturated carbocycles. The lowest BCUT2D eigenvalue weighted by molar-refractivity contribution is -0.146. The molecule has 0 saturated heterocycles. The lowest BCUT2D eigenvalue weighted by Gasteiger charge is -2.24. The number of carboxylic acid groups (broad SMARTS) is 1. The maximum Gasteiger partial charge on any atom is 0.307 e. The van der Waals surface area contributed by atoms with Crippen LogP contribution in [0, 0.1) is 11.8 Å². The molecule has 2 atom stereocenters. The number of nitrogens with one attached hydrogen (secondary N) is 1. The van der Waals surface area contributed by atoms with Gasteiger partial charge in [0.25, 0.3) is 0 Å². The van der Waals surface area contributed by atoms with Gasteiger partial charge in [0, 0.05) is 11.3 Å². The molecule has 110 valence electrons. The molecule has 1 amide bonds. The zero-order valence-electron chi connectivity index (χ0n) is 11.7. The Kier molecular flexibility index (Phi) is 4.52. The highest BCUT2D eigenvalue weighted by Crippen LogP contribution is 2.27. The molecule has 0 bridgehead atoms. The Morgan fingerprint density at radius 1 is 1.14 bits per heavy atom. The number of aliphatic carboxylic acids is 1. The highest BCUT2D eigenvalue weighted by Gasteiger charge is 2.33. The molecular formula is C16H17NO4. The van der Waals surface area contributed by atoms with Crippen LogP contribution in [0.25, 0.3) is 0 Å². The summed E-state index contributed by atoms with van der Waals surface area (Å²) in [4.78, 5) is 34.8. The predicted molar refractivity (Wildman–Crippen MR) is 78.1 cm³/mol. The van der Waals surface area contributed by atoms with E-state index in [2.05, 4.69) is 5.32 Å². The maximum absolute atomic E-state index is 12.3. The number of carbonyl (C=O) groups is 3. The summed E-state index contributed by atoms with van der Waals surface area (Å²) in [5.74, 6) is -2.67. The van der Waals surface area contributed by atoms with Crippen molar-refractivity contribution < 1.29 is 19.5 Å². The summed E-state index contributed by atoms with van der Waals surface area (Å²) in [5.41, 5.74) is 1.01. The monoisotopic (exact) mass is 287 g/mol. The van der Waals surface area contributed by atoms with E-state index in [9.17, 15) is 19.5 Å². The minimum absolute atomic E-state index is 0.0879. The highest BCUT2D eigenvalue weighted by molar-refractivity contribution is 5.98. The van der Waals surface area contributed by atoms with Gasteiger partial charge in [0.2, 0.25) is 5.91 Å². The van der Waals surface area contributed by atoms with Gasteiger partial charge in [-0.2, -0.15) is 0 Å². The van der Waals surface area contributed by atoms with Crippen molar-refractivity contribution in [1.82, 2.24) is 0 Å². The van der Waals surface area contributed by atoms with Crippen molar-refractivity contribution >= 4 is 23.3 Å². The van der Waals surface area contributed by atoms with E-state index < -0.39 is 17.8 Å². The molecule has 1 aromatic carbocycles. The smallest absolute Gasteiger partial charge is 0.307 e. The van der Waals surface area contributed by atoms with Crippen LogP contribution in [0.15, 0.2) is 36.4 Å². The molecule has 0 aromatic heterocycles. The van der Waals surface area contributed by atoms with Gasteiger partial charge in [0.05, 0.1) is 11.8 Å². The summed E-state index contributed by atoms with van der Waals surface area (Å²) >= 11 is 0. The molecule has 0 aliphatic heterocycles. The van der Waals surface area contributed by atoms with E-state index in [4.69, 9.17) is 0 Å². The van der Waals surface area contributed by atoms with E-state index in [1.807, 2.05) is 6.08 Å². The van der Waals surface area contributed by atoms with E-state index in [0.717, 1.165) is 0 Å². The summed E-state index contributed by atoms with van der Waals surface area (Å²) in [6, 6.07) is 6.62. The van der Waals surface area contributed by atoms with E-state index in [1.54, 1.807) is 30.3 Å². The van der Waals surface area contributed by atoms with Gasteiger partial charge in [-0.1, -0.05) is 24.3 Å². The van der Waals surface area contributed by atoms with Crippen LogP contribution in [0.2, 0.25) is 0 Å². The molecular weight excluding hydrogens is 270 g/mol. The van der Waals surface area contributed by atoms with Crippen molar-refractivity contribution in [2.24, 2.45) is 11.8 Å². The van der Waals surface area contributed by atoms with E-state index in [-0.39, 0.29) is 11.7 Å². The SMILES string of the molecule is CC(=O)c1cccc(NC(=O)[C@H]2CC=CC[C@H]2C(=O)O)c1. The van der Waals surface area contributed by atoms with Crippen molar-refractivity contribution in [1.29, 1.82) is 0 Å². The molecule has 1 aliphatic carbocycles. The largest absolute Gasteiger partial charge is 0.481 e. The third kappa shape index (κ3) is 3.56. The van der Waals surface area contributed by atoms with Crippen LogP contribution in [0.3, 0.4) is 0 Å². The number of Topliss-reactive ketones (excluding diaryl/α,β-unsaturated/α-hetero) is 1. The number of hydrogen-bond acceptors (Lipinski definition) is 3. The lowest BCUT2D eigenvalue weighted by Crippen LogP contribution is -2.34. The lowest BCUT2D eigenvalue weighted by atomic mass is 9.82. The van der Waals surface area contributed by atoms with Crippen molar-refractivity contribution in [2.75, 3.05) is 5.32 Å². The van der Waals surface area contributed by atoms with Crippen LogP contribution in [-0.2, 0) is 9.59 Å². The van der Waals surface area contributed by atoms with Crippen molar-refractivity contribution in [3.63, 3.8) is 0 Å². The Labute approximate surface area is 122 Å². The Morgan fingerprint density at radius 2 is 1.81 bits per heavy atom. The molecule has 1 aromatic rings. The molecule has 5 nitrogen and oxygen atoms in total. The first-order chi connectivity index (χ1) is 9.99. The molecule has 0 heterocycles. The number of carbonyl (C=O) groups excluding carboxylic acids is 2. The van der Waals surface area contributed by atoms with Gasteiger partial charge in [0.15, 0.2) is 5.78 Å². The standard InChI is InChI=1S/C16H17NO4/c1-10(18)11-5-4-6-12(9-11)17-15(19)13-7-2-3-8-14(13)16(20)21/h2-6,9,13-14H,7-8H2,1H3,(H,17,19)(H,20,21)/t13-,14+/m0/s1. The second kappa shape index (κ2) is 6.35. The predicted octanol–water partition coefficient (Wildman–Crippen LogP) is 2.49. The number of hydrogen-bond donors (Lipinski definition) is 2. The average molecular weight is 287 g/mol. The van der Waals surface area contributed by atoms with Crippen molar-refractivity contribution in [3.8, 4) is 0 Å². The first-order valence-electron chi connectivity index (χ1n) is 6.78. The third-order valence-electron chi connectivity index (χ3n) is 3.62. The van der Waals surface area contributed by atoms with E-state index >= 15 is 0 Å². The fraction of sp³-hybridized carbons (Fsp3) is 0.312. The van der Waals surface area contributed by atoms with Crippen LogP contribution in [-0.4, -0.2) is 22.8 Å². The second-order valence-electron chi connectivity index (χ2n) is 5.12. The third-order valence-corrected chi connectivity index (χ3v) is 3.62. The summed E-state index contributed by atoms with van der Waals surface area (Å²) in [6.45, 7) is 1.45. The normalized spacial score (nSPS) is 20.8. The van der Waals surface area contributed by atoms with Crippen molar-refractivity contribution in [2.45, 2.75) is 19.8 Å². The van der Waals surface area contributed by atoms with Crippen molar-refractivity contribution in [3.05, 3.63) is 42.0 Å². The minimum Gasteiger partial charge on any atom is -0.481 e. The quantitative estimate of drug-likeness (QED) is 0.658. The fourth-order valence-electron chi connectivity index (χ4n) is 2.43. The minimum atomic E-state index is -0.961. The molecule has 0 fully saturated rings. The van der Waals surface area contributed by atoms with E-state index in [0.29, 0.717) is 24.1 Å². The van der Waals surface area contributed by atoms with Crippen LogP contribution in [0.4, 0.5) is 5.69 Å². The van der Waals surface area contributed by atoms with Crippen LogP contribution in [0.5, 0.6) is 0 Å². The fourth-order valence-corrected chi connectivity index (χ4v) is 2.43. The molecule has 2 N–H and O–H groups in total. The Morgan fingerprint density at radius 3 is 2.43 bits per heavy atom. The number of benzene rings is 1. The topological polar surface area (TPSA) is 83.5 Å². The molecule has 21 heavy (non-hydrogen) atoms. The molecule has 0 spiro atoms. The Bertz CT molecular complexity index is 606. The number of ketones is 1. The molecule has 2 rings (SSSR count). The number of amides is 1. The van der Waals surface area contributed by atoms with Gasteiger partial charge in [-0.15, -0.1) is 0 Å². The highest BCUT2D eigenvalue weighted by atomic mass is 16.4. The second-order valence-corrected chi connectivity index (χ2v) is 5.12. The summed E-state index contributed by atoms with van der Waals surface area (Å²) in [5, 5.41) is 11.9. The number of rotatable bonds is 4. The van der Waals surface area contributed by atoms with E-state index in [1.165, 1.54) is 6.92 Å². The van der Waals surface area contributed by atoms with Gasteiger partial charge in [0.1, 0.15) is 0 Å². The van der Waals surface area contributed by atoms with Crippen LogP contribution < -0.4 is 5.32 Å². The molecule has 5 heteroatoms. The average Bonchev–Trinajstić information content (AvgIpc) is 2.47. The van der Waals surface area contributed by atoms with Gasteiger partial charge < -0.3 is 10.4 Å². The Balaban J connectivity index is 2.13. The van der Waals surface area contributed by atoms with Crippen LogP contribution >= 0.6 is 0 Å². The first-order valence-corrected chi connectivity index (χ1v) is 6.78. The van der Waals surface area contributed by atoms with Gasteiger partial charge in [-0.05, 0) is 31.9 Å². The van der Waals surface area contributed by atoms with Gasteiger partial charge >= 0.3 is 5.97 Å².